The Labute approximate surface area is 90.6 Å². The molecule has 2 N–H and O–H groups in total. The van der Waals surface area contributed by atoms with Gasteiger partial charge in [-0.1, -0.05) is 0 Å². The normalized spacial score (nSPS) is 11.5. The number of aliphatic hydroxyl groups excluding tert-OH is 2. The van der Waals surface area contributed by atoms with E-state index in [1.54, 1.807) is 7.11 Å². The first-order chi connectivity index (χ1) is 6.96. The summed E-state index contributed by atoms with van der Waals surface area (Å²) in [5, 5.41) is 17.5. The second-order valence-electron chi connectivity index (χ2n) is 3.97. The summed E-state index contributed by atoms with van der Waals surface area (Å²) in [6, 6.07) is 0. The van der Waals surface area contributed by atoms with E-state index in [1.807, 2.05) is 13.8 Å². The molecule has 15 heavy (non-hydrogen) atoms. The van der Waals surface area contributed by atoms with Crippen molar-refractivity contribution >= 4 is 5.91 Å². The Balaban J connectivity index is 4.24. The lowest BCUT2D eigenvalue weighted by atomic mass is 10.0. The molecule has 0 aromatic carbocycles. The number of carbonyl (C=O) groups is 1. The smallest absolute Gasteiger partial charge is 0.225 e. The molecule has 0 aliphatic heterocycles. The molecule has 0 aliphatic carbocycles. The van der Waals surface area contributed by atoms with E-state index < -0.39 is 5.60 Å². The molecule has 0 fully saturated rings. The van der Waals surface area contributed by atoms with Crippen molar-refractivity contribution in [1.29, 1.82) is 0 Å². The maximum Gasteiger partial charge on any atom is 0.225 e. The Hall–Kier alpha value is -0.650. The zero-order valence-corrected chi connectivity index (χ0v) is 9.69. The number of ether oxygens (including phenoxy) is 1. The Kier molecular flexibility index (Phi) is 6.47. The van der Waals surface area contributed by atoms with E-state index in [9.17, 15) is 4.79 Å². The molecule has 0 rings (SSSR count). The van der Waals surface area contributed by atoms with Crippen LogP contribution in [0, 0.1) is 0 Å². The highest BCUT2D eigenvalue weighted by molar-refractivity contribution is 5.77. The Bertz CT molecular complexity index is 188. The highest BCUT2D eigenvalue weighted by Gasteiger charge is 2.24. The van der Waals surface area contributed by atoms with Crippen LogP contribution in [0.2, 0.25) is 0 Å². The van der Waals surface area contributed by atoms with Gasteiger partial charge in [-0.25, -0.2) is 0 Å². The molecule has 0 radical (unpaired) electrons. The standard InChI is InChI=1S/C10H21NO4/c1-10(2,15-3)8-9(14)11(4-6-12)5-7-13/h12-13H,4-8H2,1-3H3. The number of amides is 1. The summed E-state index contributed by atoms with van der Waals surface area (Å²) in [6.45, 7) is 3.94. The lowest BCUT2D eigenvalue weighted by molar-refractivity contribution is -0.137. The first-order valence-corrected chi connectivity index (χ1v) is 5.01. The van der Waals surface area contributed by atoms with Crippen molar-refractivity contribution in [2.24, 2.45) is 0 Å². The zero-order valence-electron chi connectivity index (χ0n) is 9.69. The van der Waals surface area contributed by atoms with E-state index in [0.29, 0.717) is 0 Å². The number of hydrogen-bond donors (Lipinski definition) is 2. The molecule has 5 nitrogen and oxygen atoms in total. The van der Waals surface area contributed by atoms with E-state index in [0.717, 1.165) is 0 Å². The second kappa shape index (κ2) is 6.76. The molecule has 0 atom stereocenters. The van der Waals surface area contributed by atoms with Crippen molar-refractivity contribution in [3.63, 3.8) is 0 Å². The Morgan fingerprint density at radius 1 is 1.27 bits per heavy atom. The van der Waals surface area contributed by atoms with E-state index in [-0.39, 0.29) is 38.6 Å². The summed E-state index contributed by atoms with van der Waals surface area (Å²) < 4.78 is 5.14. The maximum absolute atomic E-state index is 11.7. The van der Waals surface area contributed by atoms with Crippen molar-refractivity contribution in [3.05, 3.63) is 0 Å². The number of nitrogens with zero attached hydrogens (tertiary/aromatic N) is 1. The molecule has 0 bridgehead atoms. The third-order valence-electron chi connectivity index (χ3n) is 2.22. The van der Waals surface area contributed by atoms with Crippen molar-refractivity contribution in [3.8, 4) is 0 Å². The van der Waals surface area contributed by atoms with Crippen LogP contribution in [0.15, 0.2) is 0 Å². The molecule has 1 amide bonds. The number of carbonyl (C=O) groups excluding carboxylic acids is 1. The number of methoxy groups -OCH3 is 1. The first kappa shape index (κ1) is 14.3. The fourth-order valence-corrected chi connectivity index (χ4v) is 1.15. The van der Waals surface area contributed by atoms with E-state index in [4.69, 9.17) is 14.9 Å². The van der Waals surface area contributed by atoms with Gasteiger partial charge in [0.2, 0.25) is 5.91 Å². The monoisotopic (exact) mass is 219 g/mol. The minimum atomic E-state index is -0.514. The van der Waals surface area contributed by atoms with E-state index in [2.05, 4.69) is 0 Å². The molecule has 0 saturated heterocycles. The van der Waals surface area contributed by atoms with E-state index >= 15 is 0 Å². The van der Waals surface area contributed by atoms with Gasteiger partial charge in [0.05, 0.1) is 25.2 Å². The van der Waals surface area contributed by atoms with Gasteiger partial charge in [0, 0.05) is 20.2 Å². The van der Waals surface area contributed by atoms with Crippen LogP contribution >= 0.6 is 0 Å². The highest BCUT2D eigenvalue weighted by Crippen LogP contribution is 2.14. The third-order valence-corrected chi connectivity index (χ3v) is 2.22. The average Bonchev–Trinajstić information content (AvgIpc) is 2.17. The largest absolute Gasteiger partial charge is 0.395 e. The molecule has 0 aliphatic rings. The lowest BCUT2D eigenvalue weighted by Crippen LogP contribution is -2.40. The fraction of sp³-hybridized carbons (Fsp3) is 0.900. The molecule has 0 unspecified atom stereocenters. The van der Waals surface area contributed by atoms with Crippen LogP contribution in [0.25, 0.3) is 0 Å². The van der Waals surface area contributed by atoms with Gasteiger partial charge < -0.3 is 19.8 Å². The number of aliphatic hydroxyl groups is 2. The summed E-state index contributed by atoms with van der Waals surface area (Å²) in [7, 11) is 1.55. The predicted octanol–water partition coefficient (Wildman–Crippen LogP) is -0.385. The van der Waals surface area contributed by atoms with Gasteiger partial charge >= 0.3 is 0 Å². The summed E-state index contributed by atoms with van der Waals surface area (Å²) >= 11 is 0. The summed E-state index contributed by atoms with van der Waals surface area (Å²) in [5.74, 6) is -0.120. The van der Waals surface area contributed by atoms with Gasteiger partial charge in [0.1, 0.15) is 0 Å². The molecule has 5 heteroatoms. The molecule has 0 spiro atoms. The predicted molar refractivity (Wildman–Crippen MR) is 56.5 cm³/mol. The van der Waals surface area contributed by atoms with Gasteiger partial charge in [-0.15, -0.1) is 0 Å². The van der Waals surface area contributed by atoms with E-state index in [1.165, 1.54) is 4.90 Å². The quantitative estimate of drug-likeness (QED) is 0.612. The van der Waals surface area contributed by atoms with Crippen LogP contribution < -0.4 is 0 Å². The van der Waals surface area contributed by atoms with Crippen molar-refractivity contribution in [1.82, 2.24) is 4.90 Å². The lowest BCUT2D eigenvalue weighted by Gasteiger charge is -2.27. The molecule has 90 valence electrons. The highest BCUT2D eigenvalue weighted by atomic mass is 16.5. The summed E-state index contributed by atoms with van der Waals surface area (Å²) in [6.07, 6.45) is 0.240. The number of hydrogen-bond acceptors (Lipinski definition) is 4. The minimum absolute atomic E-state index is 0.0981. The van der Waals surface area contributed by atoms with Crippen molar-refractivity contribution < 1.29 is 19.7 Å². The van der Waals surface area contributed by atoms with Gasteiger partial charge in [-0.3, -0.25) is 4.79 Å². The van der Waals surface area contributed by atoms with Crippen LogP contribution in [-0.4, -0.2) is 60.0 Å². The summed E-state index contributed by atoms with van der Waals surface area (Å²) in [5.41, 5.74) is -0.514. The average molecular weight is 219 g/mol. The molecule has 0 aromatic rings. The van der Waals surface area contributed by atoms with Gasteiger partial charge in [0.15, 0.2) is 0 Å². The van der Waals surface area contributed by atoms with Gasteiger partial charge in [-0.05, 0) is 13.8 Å². The van der Waals surface area contributed by atoms with Crippen LogP contribution in [-0.2, 0) is 9.53 Å². The SMILES string of the molecule is COC(C)(C)CC(=O)N(CCO)CCO. The van der Waals surface area contributed by atoms with Gasteiger partial charge in [-0.2, -0.15) is 0 Å². The van der Waals surface area contributed by atoms with Crippen LogP contribution in [0.5, 0.6) is 0 Å². The third kappa shape index (κ3) is 5.71. The topological polar surface area (TPSA) is 70.0 Å². The molecular weight excluding hydrogens is 198 g/mol. The molecular formula is C10H21NO4. The first-order valence-electron chi connectivity index (χ1n) is 5.01. The van der Waals surface area contributed by atoms with Gasteiger partial charge in [0.25, 0.3) is 0 Å². The molecule has 0 saturated carbocycles. The number of rotatable bonds is 7. The summed E-state index contributed by atoms with van der Waals surface area (Å²) in [4.78, 5) is 13.2. The zero-order chi connectivity index (χ0) is 11.9. The Morgan fingerprint density at radius 2 is 1.73 bits per heavy atom. The van der Waals surface area contributed by atoms with Crippen LogP contribution in [0.4, 0.5) is 0 Å². The molecule has 0 heterocycles. The van der Waals surface area contributed by atoms with Crippen LogP contribution in [0.1, 0.15) is 20.3 Å². The maximum atomic E-state index is 11.7. The van der Waals surface area contributed by atoms with Crippen molar-refractivity contribution in [2.75, 3.05) is 33.4 Å². The second-order valence-corrected chi connectivity index (χ2v) is 3.97. The minimum Gasteiger partial charge on any atom is -0.395 e. The van der Waals surface area contributed by atoms with Crippen molar-refractivity contribution in [2.45, 2.75) is 25.9 Å². The Morgan fingerprint density at radius 3 is 2.07 bits per heavy atom. The fourth-order valence-electron chi connectivity index (χ4n) is 1.15. The molecule has 0 aromatic heterocycles. The van der Waals surface area contributed by atoms with Crippen LogP contribution in [0.3, 0.4) is 0 Å².